The van der Waals surface area contributed by atoms with Gasteiger partial charge in [0.25, 0.3) is 0 Å². The first-order valence-corrected chi connectivity index (χ1v) is 17.9. The van der Waals surface area contributed by atoms with E-state index >= 15 is 0 Å². The Labute approximate surface area is 309 Å². The van der Waals surface area contributed by atoms with Gasteiger partial charge in [0.1, 0.15) is 16.7 Å². The molecule has 0 saturated carbocycles. The number of oxazole rings is 1. The molecule has 0 amide bonds. The van der Waals surface area contributed by atoms with Gasteiger partial charge < -0.3 is 8.83 Å². The topological polar surface area (TPSA) is 77.8 Å². The predicted molar refractivity (Wildman–Crippen MR) is 217 cm³/mol. The lowest BCUT2D eigenvalue weighted by Crippen LogP contribution is -2.00. The molecule has 8 aromatic carbocycles. The van der Waals surface area contributed by atoms with Crippen molar-refractivity contribution in [2.45, 2.75) is 0 Å². The summed E-state index contributed by atoms with van der Waals surface area (Å²) in [6.07, 6.45) is 0. The number of hydrogen-bond donors (Lipinski definition) is 0. The molecule has 0 saturated heterocycles. The molecule has 0 unspecified atom stereocenters. The van der Waals surface area contributed by atoms with E-state index in [0.717, 1.165) is 82.4 Å². The van der Waals surface area contributed by atoms with Crippen LogP contribution >= 0.6 is 0 Å². The molecular formula is C48H28N4O2. The van der Waals surface area contributed by atoms with Gasteiger partial charge in [0, 0.05) is 39.1 Å². The van der Waals surface area contributed by atoms with Gasteiger partial charge >= 0.3 is 0 Å². The van der Waals surface area contributed by atoms with E-state index in [1.165, 1.54) is 0 Å². The van der Waals surface area contributed by atoms with Crippen LogP contribution in [0.3, 0.4) is 0 Å². The molecule has 11 aromatic rings. The van der Waals surface area contributed by atoms with E-state index in [0.29, 0.717) is 28.9 Å². The number of aromatic nitrogens is 4. The van der Waals surface area contributed by atoms with Crippen molar-refractivity contribution < 1.29 is 8.83 Å². The molecule has 0 fully saturated rings. The SMILES string of the molecule is c1ccc(-c2nc(-c3ccccc3)nc(-c3ccc(-c4ccc(-c5nc6cc7c(cc6o5)oc5ccccc57)c5ccccc45)c4ccccc34)n2)cc1. The summed E-state index contributed by atoms with van der Waals surface area (Å²) < 4.78 is 12.6. The van der Waals surface area contributed by atoms with Crippen LogP contribution in [-0.2, 0) is 0 Å². The highest BCUT2D eigenvalue weighted by Crippen LogP contribution is 2.42. The number of para-hydroxylation sites is 1. The minimum absolute atomic E-state index is 0.572. The summed E-state index contributed by atoms with van der Waals surface area (Å²) >= 11 is 0. The maximum Gasteiger partial charge on any atom is 0.227 e. The van der Waals surface area contributed by atoms with E-state index in [1.54, 1.807) is 0 Å². The lowest BCUT2D eigenvalue weighted by Gasteiger charge is -2.15. The molecule has 6 heteroatoms. The zero-order valence-electron chi connectivity index (χ0n) is 28.8. The molecule has 0 aliphatic carbocycles. The third kappa shape index (κ3) is 4.89. The van der Waals surface area contributed by atoms with Crippen LogP contribution in [-0.4, -0.2) is 19.9 Å². The monoisotopic (exact) mass is 692 g/mol. The molecule has 0 radical (unpaired) electrons. The highest BCUT2D eigenvalue weighted by atomic mass is 16.4. The van der Waals surface area contributed by atoms with Gasteiger partial charge in [-0.15, -0.1) is 0 Å². The van der Waals surface area contributed by atoms with Gasteiger partial charge in [-0.1, -0.05) is 140 Å². The summed E-state index contributed by atoms with van der Waals surface area (Å²) in [5.74, 6) is 2.47. The minimum Gasteiger partial charge on any atom is -0.456 e. The largest absolute Gasteiger partial charge is 0.456 e. The molecule has 0 aliphatic rings. The first kappa shape index (κ1) is 30.2. The third-order valence-corrected chi connectivity index (χ3v) is 10.2. The van der Waals surface area contributed by atoms with Gasteiger partial charge in [0.2, 0.25) is 5.89 Å². The molecule has 3 heterocycles. The van der Waals surface area contributed by atoms with E-state index in [9.17, 15) is 0 Å². The zero-order valence-corrected chi connectivity index (χ0v) is 28.8. The van der Waals surface area contributed by atoms with E-state index in [1.807, 2.05) is 84.9 Å². The van der Waals surface area contributed by atoms with Gasteiger partial charge in [-0.2, -0.15) is 0 Å². The van der Waals surface area contributed by atoms with Crippen LogP contribution in [0.15, 0.2) is 179 Å². The maximum absolute atomic E-state index is 6.44. The summed E-state index contributed by atoms with van der Waals surface area (Å²) in [7, 11) is 0. The average Bonchev–Trinajstić information content (AvgIpc) is 3.83. The number of benzene rings is 8. The molecule has 6 nitrogen and oxygen atoms in total. The Morgan fingerprint density at radius 2 is 0.778 bits per heavy atom. The van der Waals surface area contributed by atoms with Gasteiger partial charge in [0.15, 0.2) is 23.1 Å². The van der Waals surface area contributed by atoms with Crippen molar-refractivity contribution in [3.8, 4) is 56.7 Å². The first-order valence-electron chi connectivity index (χ1n) is 17.9. The maximum atomic E-state index is 6.44. The molecule has 11 rings (SSSR count). The second kappa shape index (κ2) is 12.1. The minimum atomic E-state index is 0.572. The Kier molecular flexibility index (Phi) is 6.75. The fourth-order valence-electron chi connectivity index (χ4n) is 7.64. The van der Waals surface area contributed by atoms with Crippen molar-refractivity contribution in [2.75, 3.05) is 0 Å². The van der Waals surface area contributed by atoms with Crippen LogP contribution in [0.25, 0.3) is 111 Å². The van der Waals surface area contributed by atoms with Crippen LogP contribution in [0.2, 0.25) is 0 Å². The number of rotatable bonds is 5. The lowest BCUT2D eigenvalue weighted by molar-refractivity contribution is 0.618. The molecule has 0 aliphatic heterocycles. The van der Waals surface area contributed by atoms with Crippen LogP contribution in [0.5, 0.6) is 0 Å². The summed E-state index contributed by atoms with van der Waals surface area (Å²) in [4.78, 5) is 20.0. The lowest BCUT2D eigenvalue weighted by atomic mass is 9.90. The second-order valence-electron chi connectivity index (χ2n) is 13.4. The molecular weight excluding hydrogens is 665 g/mol. The molecule has 0 atom stereocenters. The third-order valence-electron chi connectivity index (χ3n) is 10.2. The zero-order chi connectivity index (χ0) is 35.6. The van der Waals surface area contributed by atoms with E-state index < -0.39 is 0 Å². The Balaban J connectivity index is 1.06. The smallest absolute Gasteiger partial charge is 0.227 e. The first-order chi connectivity index (χ1) is 26.7. The van der Waals surface area contributed by atoms with Crippen LogP contribution in [0.1, 0.15) is 0 Å². The number of fused-ring (bicyclic) bond motifs is 6. The van der Waals surface area contributed by atoms with Crippen molar-refractivity contribution in [3.63, 3.8) is 0 Å². The van der Waals surface area contributed by atoms with Crippen LogP contribution < -0.4 is 0 Å². The predicted octanol–water partition coefficient (Wildman–Crippen LogP) is 12.6. The van der Waals surface area contributed by atoms with Crippen molar-refractivity contribution >= 4 is 54.6 Å². The summed E-state index contributed by atoms with van der Waals surface area (Å²) in [5, 5.41) is 6.42. The summed E-state index contributed by atoms with van der Waals surface area (Å²) in [6, 6.07) is 57.8. The van der Waals surface area contributed by atoms with E-state index in [-0.39, 0.29) is 0 Å². The molecule has 0 bridgehead atoms. The summed E-state index contributed by atoms with van der Waals surface area (Å²) in [5.41, 5.74) is 9.09. The van der Waals surface area contributed by atoms with Crippen molar-refractivity contribution in [1.29, 1.82) is 0 Å². The highest BCUT2D eigenvalue weighted by Gasteiger charge is 2.20. The molecule has 54 heavy (non-hydrogen) atoms. The molecule has 3 aromatic heterocycles. The fourth-order valence-corrected chi connectivity index (χ4v) is 7.64. The van der Waals surface area contributed by atoms with Gasteiger partial charge in [-0.05, 0) is 56.9 Å². The average molecular weight is 693 g/mol. The van der Waals surface area contributed by atoms with E-state index in [2.05, 4.69) is 84.9 Å². The standard InChI is InChI=1S/C48H28N4O2/c1-3-13-29(14-4-1)45-50-46(30-15-5-2-6-16-30)52-47(51-45)38-25-23-35(31-17-7-9-19-33(31)38)36-24-26-39(34-20-10-8-18-32(34)36)48-49-41-27-40-37-21-11-12-22-42(37)53-43(40)28-44(41)54-48/h1-28H. The summed E-state index contributed by atoms with van der Waals surface area (Å²) in [6.45, 7) is 0. The Bertz CT molecular complexity index is 3160. The van der Waals surface area contributed by atoms with Crippen molar-refractivity contribution in [1.82, 2.24) is 19.9 Å². The highest BCUT2D eigenvalue weighted by molar-refractivity contribution is 6.12. The molecule has 252 valence electrons. The fraction of sp³-hybridized carbons (Fsp3) is 0. The Morgan fingerprint density at radius 3 is 1.41 bits per heavy atom. The van der Waals surface area contributed by atoms with Crippen LogP contribution in [0, 0.1) is 0 Å². The van der Waals surface area contributed by atoms with Crippen molar-refractivity contribution in [3.05, 3.63) is 170 Å². The second-order valence-corrected chi connectivity index (χ2v) is 13.4. The van der Waals surface area contributed by atoms with Crippen LogP contribution in [0.4, 0.5) is 0 Å². The number of furan rings is 1. The normalized spacial score (nSPS) is 11.7. The van der Waals surface area contributed by atoms with Gasteiger partial charge in [-0.3, -0.25) is 0 Å². The number of nitrogens with zero attached hydrogens (tertiary/aromatic N) is 4. The molecule has 0 N–H and O–H groups in total. The van der Waals surface area contributed by atoms with E-state index in [4.69, 9.17) is 28.8 Å². The Morgan fingerprint density at radius 1 is 0.296 bits per heavy atom. The van der Waals surface area contributed by atoms with Crippen molar-refractivity contribution in [2.24, 2.45) is 0 Å². The Hall–Kier alpha value is -7.44. The quantitative estimate of drug-likeness (QED) is 0.179. The van der Waals surface area contributed by atoms with Gasteiger partial charge in [-0.25, -0.2) is 19.9 Å². The molecule has 0 spiro atoms. The van der Waals surface area contributed by atoms with Gasteiger partial charge in [0.05, 0.1) is 0 Å². The number of hydrogen-bond acceptors (Lipinski definition) is 6.